The highest BCUT2D eigenvalue weighted by atomic mass is 16.5. The fourth-order valence-electron chi connectivity index (χ4n) is 1.65. The van der Waals surface area contributed by atoms with Gasteiger partial charge in [-0.05, 0) is 5.56 Å². The average Bonchev–Trinajstić information content (AvgIpc) is 2.47. The SMILES string of the molecule is COc1cnc(C(=O)Cc2ccccc2)c(OC)n1. The number of carbonyl (C=O) groups excluding carboxylic acids is 1. The van der Waals surface area contributed by atoms with Crippen LogP contribution in [0.25, 0.3) is 0 Å². The molecule has 5 heteroatoms. The topological polar surface area (TPSA) is 61.3 Å². The van der Waals surface area contributed by atoms with E-state index in [1.54, 1.807) is 0 Å². The minimum absolute atomic E-state index is 0.141. The third kappa shape index (κ3) is 3.07. The minimum Gasteiger partial charge on any atom is -0.480 e. The molecule has 0 aliphatic carbocycles. The fraction of sp³-hybridized carbons (Fsp3) is 0.214. The first kappa shape index (κ1) is 13.0. The van der Waals surface area contributed by atoms with E-state index in [2.05, 4.69) is 9.97 Å². The number of Topliss-reactive ketones (excluding diaryl/α,β-unsaturated/α-hetero) is 1. The highest BCUT2D eigenvalue weighted by Crippen LogP contribution is 2.18. The molecule has 2 rings (SSSR count). The summed E-state index contributed by atoms with van der Waals surface area (Å²) in [4.78, 5) is 20.3. The standard InChI is InChI=1S/C14H14N2O3/c1-18-12-9-15-13(14(16-12)19-2)11(17)8-10-6-4-3-5-7-10/h3-7,9H,8H2,1-2H3. The Morgan fingerprint density at radius 3 is 2.53 bits per heavy atom. The van der Waals surface area contributed by atoms with Crippen molar-refractivity contribution in [1.82, 2.24) is 9.97 Å². The molecule has 1 heterocycles. The summed E-state index contributed by atoms with van der Waals surface area (Å²) in [7, 11) is 2.93. The summed E-state index contributed by atoms with van der Waals surface area (Å²) in [5.41, 5.74) is 1.14. The number of benzene rings is 1. The van der Waals surface area contributed by atoms with Gasteiger partial charge in [-0.1, -0.05) is 30.3 Å². The van der Waals surface area contributed by atoms with Gasteiger partial charge in [0.2, 0.25) is 11.8 Å². The number of ether oxygens (including phenoxy) is 2. The van der Waals surface area contributed by atoms with E-state index >= 15 is 0 Å². The van der Waals surface area contributed by atoms with E-state index in [9.17, 15) is 4.79 Å². The first-order chi connectivity index (χ1) is 9.24. The van der Waals surface area contributed by atoms with Crippen molar-refractivity contribution in [3.05, 3.63) is 47.8 Å². The van der Waals surface area contributed by atoms with Crippen LogP contribution in [0.5, 0.6) is 11.8 Å². The molecule has 0 unspecified atom stereocenters. The van der Waals surface area contributed by atoms with Crippen LogP contribution in [0.15, 0.2) is 36.5 Å². The number of carbonyl (C=O) groups is 1. The number of ketones is 1. The Morgan fingerprint density at radius 2 is 1.89 bits per heavy atom. The molecular weight excluding hydrogens is 244 g/mol. The van der Waals surface area contributed by atoms with E-state index in [4.69, 9.17) is 9.47 Å². The van der Waals surface area contributed by atoms with Gasteiger partial charge in [0.15, 0.2) is 11.5 Å². The number of nitrogens with zero attached hydrogens (tertiary/aromatic N) is 2. The second-order valence-corrected chi connectivity index (χ2v) is 3.86. The van der Waals surface area contributed by atoms with E-state index in [0.717, 1.165) is 5.56 Å². The minimum atomic E-state index is -0.141. The van der Waals surface area contributed by atoms with Crippen LogP contribution >= 0.6 is 0 Å². The fourth-order valence-corrected chi connectivity index (χ4v) is 1.65. The molecule has 1 aromatic heterocycles. The maximum absolute atomic E-state index is 12.2. The zero-order valence-corrected chi connectivity index (χ0v) is 10.8. The molecule has 0 bridgehead atoms. The summed E-state index contributed by atoms with van der Waals surface area (Å²) < 4.78 is 10.0. The molecular formula is C14H14N2O3. The average molecular weight is 258 g/mol. The van der Waals surface area contributed by atoms with Crippen LogP contribution < -0.4 is 9.47 Å². The Morgan fingerprint density at radius 1 is 1.16 bits per heavy atom. The van der Waals surface area contributed by atoms with Crippen LogP contribution in [0, 0.1) is 0 Å². The molecule has 0 radical (unpaired) electrons. The van der Waals surface area contributed by atoms with E-state index in [1.807, 2.05) is 30.3 Å². The van der Waals surface area contributed by atoms with E-state index in [0.29, 0.717) is 5.88 Å². The molecule has 0 aliphatic rings. The van der Waals surface area contributed by atoms with Crippen molar-refractivity contribution >= 4 is 5.78 Å². The first-order valence-corrected chi connectivity index (χ1v) is 5.76. The molecule has 2 aromatic rings. The maximum Gasteiger partial charge on any atom is 0.246 e. The van der Waals surface area contributed by atoms with Crippen LogP contribution in [0.2, 0.25) is 0 Å². The summed E-state index contributed by atoms with van der Waals surface area (Å²) in [6, 6.07) is 9.46. The Labute approximate surface area is 111 Å². The Bertz CT molecular complexity index is 570. The third-order valence-electron chi connectivity index (χ3n) is 2.59. The monoisotopic (exact) mass is 258 g/mol. The quantitative estimate of drug-likeness (QED) is 0.767. The first-order valence-electron chi connectivity index (χ1n) is 5.76. The lowest BCUT2D eigenvalue weighted by atomic mass is 10.1. The summed E-state index contributed by atoms with van der Waals surface area (Å²) in [6.45, 7) is 0. The van der Waals surface area contributed by atoms with Crippen LogP contribution in [0.4, 0.5) is 0 Å². The number of rotatable bonds is 5. The van der Waals surface area contributed by atoms with Crippen LogP contribution in [0.1, 0.15) is 16.1 Å². The second kappa shape index (κ2) is 5.95. The summed E-state index contributed by atoms with van der Waals surface area (Å²) in [5, 5.41) is 0. The smallest absolute Gasteiger partial charge is 0.246 e. The van der Waals surface area contributed by atoms with E-state index in [-0.39, 0.29) is 23.8 Å². The van der Waals surface area contributed by atoms with Gasteiger partial charge in [-0.2, -0.15) is 4.98 Å². The molecule has 0 aliphatic heterocycles. The van der Waals surface area contributed by atoms with Gasteiger partial charge in [0.25, 0.3) is 0 Å². The molecule has 0 spiro atoms. The molecule has 0 saturated heterocycles. The predicted octanol–water partition coefficient (Wildman–Crippen LogP) is 1.92. The van der Waals surface area contributed by atoms with Gasteiger partial charge >= 0.3 is 0 Å². The molecule has 0 fully saturated rings. The lowest BCUT2D eigenvalue weighted by Gasteiger charge is -2.07. The lowest BCUT2D eigenvalue weighted by Crippen LogP contribution is -2.10. The van der Waals surface area contributed by atoms with Crippen molar-refractivity contribution < 1.29 is 14.3 Å². The van der Waals surface area contributed by atoms with Gasteiger partial charge < -0.3 is 9.47 Å². The van der Waals surface area contributed by atoms with Gasteiger partial charge in [0, 0.05) is 6.42 Å². The Balaban J connectivity index is 2.24. The molecule has 19 heavy (non-hydrogen) atoms. The number of methoxy groups -OCH3 is 2. The van der Waals surface area contributed by atoms with Crippen molar-refractivity contribution in [2.45, 2.75) is 6.42 Å². The zero-order valence-electron chi connectivity index (χ0n) is 10.8. The molecule has 0 atom stereocenters. The summed E-state index contributed by atoms with van der Waals surface area (Å²) in [6.07, 6.45) is 1.67. The van der Waals surface area contributed by atoms with Gasteiger partial charge in [-0.15, -0.1) is 0 Å². The zero-order chi connectivity index (χ0) is 13.7. The van der Waals surface area contributed by atoms with Crippen LogP contribution in [-0.4, -0.2) is 30.0 Å². The number of aromatic nitrogens is 2. The van der Waals surface area contributed by atoms with Gasteiger partial charge in [-0.25, -0.2) is 4.98 Å². The number of hydrogen-bond donors (Lipinski definition) is 0. The third-order valence-corrected chi connectivity index (χ3v) is 2.59. The summed E-state index contributed by atoms with van der Waals surface area (Å²) >= 11 is 0. The van der Waals surface area contributed by atoms with E-state index < -0.39 is 0 Å². The molecule has 0 N–H and O–H groups in total. The van der Waals surface area contributed by atoms with Crippen LogP contribution in [0.3, 0.4) is 0 Å². The van der Waals surface area contributed by atoms with Crippen molar-refractivity contribution in [2.24, 2.45) is 0 Å². The van der Waals surface area contributed by atoms with Crippen molar-refractivity contribution in [3.8, 4) is 11.8 Å². The molecule has 0 saturated carbocycles. The van der Waals surface area contributed by atoms with Gasteiger partial charge in [0.1, 0.15) is 0 Å². The molecule has 5 nitrogen and oxygen atoms in total. The van der Waals surface area contributed by atoms with Crippen LogP contribution in [-0.2, 0) is 6.42 Å². The molecule has 1 aromatic carbocycles. The van der Waals surface area contributed by atoms with Gasteiger partial charge in [-0.3, -0.25) is 4.79 Å². The number of hydrogen-bond acceptors (Lipinski definition) is 5. The highest BCUT2D eigenvalue weighted by Gasteiger charge is 2.17. The Hall–Kier alpha value is -2.43. The largest absolute Gasteiger partial charge is 0.480 e. The Kier molecular flexibility index (Phi) is 4.07. The lowest BCUT2D eigenvalue weighted by molar-refractivity contribution is 0.0984. The van der Waals surface area contributed by atoms with Crippen molar-refractivity contribution in [3.63, 3.8) is 0 Å². The van der Waals surface area contributed by atoms with Gasteiger partial charge in [0.05, 0.1) is 20.4 Å². The highest BCUT2D eigenvalue weighted by molar-refractivity contribution is 5.97. The van der Waals surface area contributed by atoms with Crippen molar-refractivity contribution in [2.75, 3.05) is 14.2 Å². The second-order valence-electron chi connectivity index (χ2n) is 3.86. The normalized spacial score (nSPS) is 10.0. The maximum atomic E-state index is 12.2. The molecule has 98 valence electrons. The van der Waals surface area contributed by atoms with E-state index in [1.165, 1.54) is 20.4 Å². The van der Waals surface area contributed by atoms with Crippen molar-refractivity contribution in [1.29, 1.82) is 0 Å². The molecule has 0 amide bonds. The summed E-state index contributed by atoms with van der Waals surface area (Å²) in [5.74, 6) is 0.353. The predicted molar refractivity (Wildman–Crippen MR) is 69.6 cm³/mol.